The normalized spacial score (nSPS) is 11.9. The lowest BCUT2D eigenvalue weighted by Crippen LogP contribution is -2.15. The van der Waals surface area contributed by atoms with Crippen molar-refractivity contribution < 1.29 is 16.8 Å². The summed E-state index contributed by atoms with van der Waals surface area (Å²) >= 11 is 21.0. The molecular weight excluding hydrogens is 559 g/mol. The molecule has 0 atom stereocenters. The van der Waals surface area contributed by atoms with Gasteiger partial charge in [0.2, 0.25) is 0 Å². The lowest BCUT2D eigenvalue weighted by atomic mass is 10.3. The van der Waals surface area contributed by atoms with E-state index in [0.29, 0.717) is 4.47 Å². The zero-order chi connectivity index (χ0) is 22.1. The van der Waals surface area contributed by atoms with Crippen LogP contribution in [0, 0.1) is 0 Å². The second-order valence-electron chi connectivity index (χ2n) is 5.96. The molecule has 0 aromatic heterocycles. The molecule has 0 fully saturated rings. The minimum absolute atomic E-state index is 0.0766. The summed E-state index contributed by atoms with van der Waals surface area (Å²) in [5.74, 6) is 0. The van der Waals surface area contributed by atoms with E-state index in [9.17, 15) is 16.8 Å². The Morgan fingerprint density at radius 1 is 0.667 bits per heavy atom. The maximum Gasteiger partial charge on any atom is 0.261 e. The zero-order valence-electron chi connectivity index (χ0n) is 14.7. The highest BCUT2D eigenvalue weighted by atomic mass is 79.9. The van der Waals surface area contributed by atoms with Crippen LogP contribution in [0.3, 0.4) is 0 Å². The Hall–Kier alpha value is -1.49. The molecule has 0 amide bonds. The summed E-state index contributed by atoms with van der Waals surface area (Å²) in [6.07, 6.45) is 0. The lowest BCUT2D eigenvalue weighted by Gasteiger charge is -2.12. The molecule has 12 heteroatoms. The SMILES string of the molecule is O=S(=O)(Nc1ccc(S(=O)(=O)Nc2cc(Br)ccc2Cl)cc1)c1cc(Cl)cc(Cl)c1. The topological polar surface area (TPSA) is 92.3 Å². The van der Waals surface area contributed by atoms with Crippen molar-refractivity contribution in [1.29, 1.82) is 0 Å². The Labute approximate surface area is 197 Å². The van der Waals surface area contributed by atoms with Crippen LogP contribution in [0.1, 0.15) is 0 Å². The van der Waals surface area contributed by atoms with E-state index in [-0.39, 0.29) is 36.2 Å². The molecule has 30 heavy (non-hydrogen) atoms. The van der Waals surface area contributed by atoms with E-state index >= 15 is 0 Å². The first-order chi connectivity index (χ1) is 14.0. The first-order valence-electron chi connectivity index (χ1n) is 8.03. The predicted octanol–water partition coefficient (Wildman–Crippen LogP) is 6.01. The average Bonchev–Trinajstić information content (AvgIpc) is 2.64. The summed E-state index contributed by atoms with van der Waals surface area (Å²) in [7, 11) is -7.92. The summed E-state index contributed by atoms with van der Waals surface area (Å²) in [4.78, 5) is -0.199. The zero-order valence-corrected chi connectivity index (χ0v) is 20.2. The number of hydrogen-bond acceptors (Lipinski definition) is 4. The fraction of sp³-hybridized carbons (Fsp3) is 0. The Morgan fingerprint density at radius 3 is 1.83 bits per heavy atom. The maximum atomic E-state index is 12.6. The van der Waals surface area contributed by atoms with Gasteiger partial charge in [0.25, 0.3) is 20.0 Å². The quantitative estimate of drug-likeness (QED) is 0.380. The summed E-state index contributed by atoms with van der Waals surface area (Å²) in [6, 6.07) is 13.8. The lowest BCUT2D eigenvalue weighted by molar-refractivity contribution is 0.600. The molecule has 3 rings (SSSR count). The van der Waals surface area contributed by atoms with Crippen molar-refractivity contribution in [2.75, 3.05) is 9.44 Å². The smallest absolute Gasteiger partial charge is 0.261 e. The van der Waals surface area contributed by atoms with E-state index in [2.05, 4.69) is 25.4 Å². The van der Waals surface area contributed by atoms with Gasteiger partial charge < -0.3 is 0 Å². The number of halogens is 4. The minimum Gasteiger partial charge on any atom is -0.280 e. The fourth-order valence-corrected chi connectivity index (χ4v) is 5.82. The first kappa shape index (κ1) is 23.2. The maximum absolute atomic E-state index is 12.6. The van der Waals surface area contributed by atoms with Gasteiger partial charge in [-0.15, -0.1) is 0 Å². The van der Waals surface area contributed by atoms with Crippen LogP contribution in [0.25, 0.3) is 0 Å². The molecule has 0 unspecified atom stereocenters. The van der Waals surface area contributed by atoms with Crippen LogP contribution in [0.4, 0.5) is 11.4 Å². The van der Waals surface area contributed by atoms with E-state index in [1.54, 1.807) is 12.1 Å². The standard InChI is InChI=1S/C18H12BrCl3N2O4S2/c19-11-1-6-17(22)18(7-11)24-29(25,26)15-4-2-14(3-5-15)23-30(27,28)16-9-12(20)8-13(21)10-16/h1-10,23-24H. The van der Waals surface area contributed by atoms with Crippen LogP contribution >= 0.6 is 50.7 Å². The molecule has 2 N–H and O–H groups in total. The first-order valence-corrected chi connectivity index (χ1v) is 12.9. The second kappa shape index (κ2) is 8.94. The summed E-state index contributed by atoms with van der Waals surface area (Å²) in [6.45, 7) is 0. The number of anilines is 2. The van der Waals surface area contributed by atoms with E-state index in [0.717, 1.165) is 0 Å². The van der Waals surface area contributed by atoms with Crippen molar-refractivity contribution in [2.45, 2.75) is 9.79 Å². The van der Waals surface area contributed by atoms with Gasteiger partial charge in [-0.1, -0.05) is 50.7 Å². The van der Waals surface area contributed by atoms with Gasteiger partial charge in [0.15, 0.2) is 0 Å². The highest BCUT2D eigenvalue weighted by Gasteiger charge is 2.19. The van der Waals surface area contributed by atoms with Crippen molar-refractivity contribution in [1.82, 2.24) is 0 Å². The average molecular weight is 571 g/mol. The molecule has 0 heterocycles. The summed E-state index contributed by atoms with van der Waals surface area (Å²) < 4.78 is 55.6. The van der Waals surface area contributed by atoms with Crippen molar-refractivity contribution >= 4 is 82.2 Å². The predicted molar refractivity (Wildman–Crippen MR) is 124 cm³/mol. The fourth-order valence-electron chi connectivity index (χ4n) is 2.38. The number of nitrogens with one attached hydrogen (secondary N) is 2. The van der Waals surface area contributed by atoms with Gasteiger partial charge in [-0.2, -0.15) is 0 Å². The van der Waals surface area contributed by atoms with Crippen LogP contribution in [0.15, 0.2) is 74.9 Å². The Morgan fingerprint density at radius 2 is 1.23 bits per heavy atom. The highest BCUT2D eigenvalue weighted by molar-refractivity contribution is 9.10. The molecule has 158 valence electrons. The van der Waals surface area contributed by atoms with Gasteiger partial charge in [0, 0.05) is 20.2 Å². The van der Waals surface area contributed by atoms with Crippen LogP contribution < -0.4 is 9.44 Å². The summed E-state index contributed by atoms with van der Waals surface area (Å²) in [5.41, 5.74) is 0.360. The second-order valence-corrected chi connectivity index (χ2v) is 11.5. The van der Waals surface area contributed by atoms with E-state index in [4.69, 9.17) is 34.8 Å². The molecule has 0 aliphatic carbocycles. The number of benzene rings is 3. The summed E-state index contributed by atoms with van der Waals surface area (Å²) in [5, 5.41) is 0.564. The third kappa shape index (κ3) is 5.60. The highest BCUT2D eigenvalue weighted by Crippen LogP contribution is 2.29. The molecule has 0 spiro atoms. The van der Waals surface area contributed by atoms with Crippen molar-refractivity contribution in [3.05, 3.63) is 80.2 Å². The van der Waals surface area contributed by atoms with Gasteiger partial charge in [-0.25, -0.2) is 16.8 Å². The van der Waals surface area contributed by atoms with Crippen LogP contribution in [0.2, 0.25) is 15.1 Å². The van der Waals surface area contributed by atoms with Gasteiger partial charge in [-0.3, -0.25) is 9.44 Å². The van der Waals surface area contributed by atoms with Crippen LogP contribution in [-0.4, -0.2) is 16.8 Å². The van der Waals surface area contributed by atoms with Gasteiger partial charge in [-0.05, 0) is 60.7 Å². The van der Waals surface area contributed by atoms with Crippen LogP contribution in [0.5, 0.6) is 0 Å². The number of rotatable bonds is 6. The van der Waals surface area contributed by atoms with Crippen molar-refractivity contribution in [3.63, 3.8) is 0 Å². The van der Waals surface area contributed by atoms with Gasteiger partial charge >= 0.3 is 0 Å². The number of hydrogen-bond donors (Lipinski definition) is 2. The Bertz CT molecular complexity index is 1300. The molecule has 3 aromatic rings. The molecule has 0 bridgehead atoms. The number of sulfonamides is 2. The molecule has 3 aromatic carbocycles. The van der Waals surface area contributed by atoms with Gasteiger partial charge in [0.1, 0.15) is 0 Å². The third-order valence-corrected chi connectivity index (χ3v) is 7.74. The van der Waals surface area contributed by atoms with E-state index in [1.807, 2.05) is 0 Å². The van der Waals surface area contributed by atoms with Crippen LogP contribution in [-0.2, 0) is 20.0 Å². The molecular formula is C18H12BrCl3N2O4S2. The monoisotopic (exact) mass is 568 g/mol. The van der Waals surface area contributed by atoms with Crippen molar-refractivity contribution in [3.8, 4) is 0 Å². The molecule has 6 nitrogen and oxygen atoms in total. The molecule has 0 saturated carbocycles. The molecule has 0 aliphatic heterocycles. The third-order valence-electron chi connectivity index (χ3n) is 3.74. The van der Waals surface area contributed by atoms with E-state index in [1.165, 1.54) is 48.5 Å². The van der Waals surface area contributed by atoms with Gasteiger partial charge in [0.05, 0.1) is 20.5 Å². The molecule has 0 radical (unpaired) electrons. The largest absolute Gasteiger partial charge is 0.280 e. The van der Waals surface area contributed by atoms with Crippen molar-refractivity contribution in [2.24, 2.45) is 0 Å². The Balaban J connectivity index is 1.82. The minimum atomic E-state index is -3.97. The van der Waals surface area contributed by atoms with E-state index < -0.39 is 20.0 Å². The molecule has 0 aliphatic rings. The molecule has 0 saturated heterocycles. The Kier molecular flexibility index (Phi) is 6.91.